The molecule has 286 valence electrons. The molecule has 1 saturated heterocycles. The molecular formula is C44H62F3N3O2. The third-order valence-electron chi connectivity index (χ3n) is 9.30. The van der Waals surface area contributed by atoms with Crippen LogP contribution in [0, 0.1) is 18.8 Å². The lowest BCUT2D eigenvalue weighted by atomic mass is 9.80. The van der Waals surface area contributed by atoms with Crippen molar-refractivity contribution in [1.29, 1.82) is 0 Å². The van der Waals surface area contributed by atoms with Gasteiger partial charge in [-0.1, -0.05) is 116 Å². The summed E-state index contributed by atoms with van der Waals surface area (Å²) in [5.41, 5.74) is 4.08. The van der Waals surface area contributed by atoms with Crippen LogP contribution in [0.2, 0.25) is 0 Å². The van der Waals surface area contributed by atoms with Gasteiger partial charge in [-0.25, -0.2) is 4.79 Å². The van der Waals surface area contributed by atoms with E-state index in [9.17, 15) is 22.8 Å². The Labute approximate surface area is 312 Å². The van der Waals surface area contributed by atoms with Crippen LogP contribution >= 0.6 is 0 Å². The molecule has 3 aromatic rings. The number of carbonyl (C=O) groups is 2. The van der Waals surface area contributed by atoms with Gasteiger partial charge in [-0.05, 0) is 79.0 Å². The summed E-state index contributed by atoms with van der Waals surface area (Å²) in [6.07, 6.45) is 15.4. The Balaban J connectivity index is 0.000000415. The fourth-order valence-electron chi connectivity index (χ4n) is 5.46. The first-order valence-electron chi connectivity index (χ1n) is 19.1. The van der Waals surface area contributed by atoms with Crippen LogP contribution in [0.25, 0.3) is 11.1 Å². The summed E-state index contributed by atoms with van der Waals surface area (Å²) in [6.45, 7) is 12.9. The van der Waals surface area contributed by atoms with Crippen LogP contribution in [0.1, 0.15) is 133 Å². The van der Waals surface area contributed by atoms with Crippen LogP contribution in [-0.4, -0.2) is 36.9 Å². The van der Waals surface area contributed by atoms with Crippen LogP contribution in [0.15, 0.2) is 66.7 Å². The van der Waals surface area contributed by atoms with Crippen LogP contribution in [0.3, 0.4) is 0 Å². The zero-order valence-electron chi connectivity index (χ0n) is 32.5. The summed E-state index contributed by atoms with van der Waals surface area (Å²) in [5.74, 6) is 0.407. The SMILES string of the molecule is C#C.C1CCC1.CC.CC.CCC(C)c1ccc(NC(=O)N2CCCC2)cc1C(F)(F)F.CNc1ccc(-c2ccc(C(=O)C3CCC3)cc2)cc1. The lowest BCUT2D eigenvalue weighted by molar-refractivity contribution is -0.138. The van der Waals surface area contributed by atoms with E-state index in [0.29, 0.717) is 25.3 Å². The van der Waals surface area contributed by atoms with E-state index in [1.165, 1.54) is 43.7 Å². The maximum Gasteiger partial charge on any atom is 0.416 e. The van der Waals surface area contributed by atoms with Crippen molar-refractivity contribution in [2.45, 2.75) is 118 Å². The Morgan fingerprint density at radius 3 is 1.65 bits per heavy atom. The zero-order chi connectivity index (χ0) is 39.1. The maximum atomic E-state index is 13.2. The molecular weight excluding hydrogens is 659 g/mol. The second kappa shape index (κ2) is 24.9. The van der Waals surface area contributed by atoms with E-state index in [1.54, 1.807) is 17.9 Å². The highest BCUT2D eigenvalue weighted by molar-refractivity contribution is 5.98. The van der Waals surface area contributed by atoms with Crippen LogP contribution in [-0.2, 0) is 6.18 Å². The number of halogens is 3. The van der Waals surface area contributed by atoms with Gasteiger partial charge in [0.25, 0.3) is 0 Å². The van der Waals surface area contributed by atoms with E-state index in [1.807, 2.05) is 65.9 Å². The number of ketones is 1. The lowest BCUT2D eigenvalue weighted by Crippen LogP contribution is -2.32. The Morgan fingerprint density at radius 1 is 0.769 bits per heavy atom. The second-order valence-corrected chi connectivity index (χ2v) is 12.5. The quantitative estimate of drug-likeness (QED) is 0.189. The number of benzene rings is 3. The number of amides is 2. The second-order valence-electron chi connectivity index (χ2n) is 12.5. The van der Waals surface area contributed by atoms with E-state index in [0.717, 1.165) is 48.6 Å². The highest BCUT2D eigenvalue weighted by atomic mass is 19.4. The molecule has 2 amide bonds. The topological polar surface area (TPSA) is 61.4 Å². The maximum absolute atomic E-state index is 13.2. The fourth-order valence-corrected chi connectivity index (χ4v) is 5.46. The highest BCUT2D eigenvalue weighted by Crippen LogP contribution is 2.38. The van der Waals surface area contributed by atoms with Crippen molar-refractivity contribution in [1.82, 2.24) is 4.90 Å². The number of nitrogens with one attached hydrogen (secondary N) is 2. The minimum absolute atomic E-state index is 0.181. The molecule has 52 heavy (non-hydrogen) atoms. The van der Waals surface area contributed by atoms with Crippen molar-refractivity contribution in [2.75, 3.05) is 30.8 Å². The number of Topliss-reactive ketones (excluding diaryl/α,β-unsaturated/α-hetero) is 1. The summed E-state index contributed by atoms with van der Waals surface area (Å²) < 4.78 is 39.7. The molecule has 0 aromatic heterocycles. The normalized spacial score (nSPS) is 14.8. The molecule has 1 atom stereocenters. The van der Waals surface area contributed by atoms with Gasteiger partial charge in [0.15, 0.2) is 5.78 Å². The van der Waals surface area contributed by atoms with Gasteiger partial charge in [-0.3, -0.25) is 4.79 Å². The predicted octanol–water partition coefficient (Wildman–Crippen LogP) is 13.1. The molecule has 5 nitrogen and oxygen atoms in total. The Bertz CT molecular complexity index is 1450. The third kappa shape index (κ3) is 14.4. The molecule has 2 N–H and O–H groups in total. The monoisotopic (exact) mass is 721 g/mol. The zero-order valence-corrected chi connectivity index (χ0v) is 32.5. The molecule has 0 spiro atoms. The Morgan fingerprint density at radius 2 is 1.25 bits per heavy atom. The standard InChI is InChI=1S/C18H19NO.C16H21F3N2O.C4H8.2C2H6.C2H2/c1-19-17-11-9-14(10-12-17)13-5-7-16(8-6-13)18(20)15-3-2-4-15;1-3-11(2)13-7-6-12(10-14(13)16(17,18)19)20-15(22)21-8-4-5-9-21;1-2-4-3-1;3*1-2/h5-12,15,19H,2-4H2,1H3;6-7,10-11H,3-5,8-9H2,1-2H3,(H,20,22);1-4H2;2*1-2H3;1-2H. The smallest absolute Gasteiger partial charge is 0.388 e. The number of urea groups is 1. The van der Waals surface area contributed by atoms with Gasteiger partial charge < -0.3 is 15.5 Å². The number of terminal acetylenes is 1. The van der Waals surface area contributed by atoms with E-state index < -0.39 is 11.7 Å². The van der Waals surface area contributed by atoms with Gasteiger partial charge in [0, 0.05) is 43.0 Å². The molecule has 0 radical (unpaired) electrons. The Hall–Kier alpha value is -4.25. The van der Waals surface area contributed by atoms with Crippen molar-refractivity contribution < 1.29 is 22.8 Å². The van der Waals surface area contributed by atoms with Crippen molar-refractivity contribution in [3.8, 4) is 24.0 Å². The van der Waals surface area contributed by atoms with Gasteiger partial charge in [0.1, 0.15) is 0 Å². The lowest BCUT2D eigenvalue weighted by Gasteiger charge is -2.23. The fraction of sp³-hybridized carbons (Fsp3) is 0.500. The van der Waals surface area contributed by atoms with E-state index in [-0.39, 0.29) is 29.1 Å². The summed E-state index contributed by atoms with van der Waals surface area (Å²) in [7, 11) is 1.91. The summed E-state index contributed by atoms with van der Waals surface area (Å²) in [6, 6.07) is 20.0. The minimum Gasteiger partial charge on any atom is -0.388 e. The molecule has 6 rings (SSSR count). The van der Waals surface area contributed by atoms with Crippen molar-refractivity contribution in [3.05, 3.63) is 83.4 Å². The van der Waals surface area contributed by atoms with E-state index in [2.05, 4.69) is 47.7 Å². The number of nitrogens with zero attached hydrogens (tertiary/aromatic N) is 1. The predicted molar refractivity (Wildman–Crippen MR) is 214 cm³/mol. The number of anilines is 2. The van der Waals surface area contributed by atoms with E-state index >= 15 is 0 Å². The van der Waals surface area contributed by atoms with Gasteiger partial charge in [-0.15, -0.1) is 12.8 Å². The molecule has 3 aliphatic rings. The minimum atomic E-state index is -4.42. The average Bonchev–Trinajstić information content (AvgIpc) is 3.68. The summed E-state index contributed by atoms with van der Waals surface area (Å²) in [4.78, 5) is 25.8. The number of likely N-dealkylation sites (tertiary alicyclic amines) is 1. The number of rotatable bonds is 7. The van der Waals surface area contributed by atoms with Crippen molar-refractivity contribution >= 4 is 23.2 Å². The molecule has 2 saturated carbocycles. The molecule has 1 aliphatic heterocycles. The third-order valence-corrected chi connectivity index (χ3v) is 9.30. The van der Waals surface area contributed by atoms with Crippen LogP contribution in [0.5, 0.6) is 0 Å². The summed E-state index contributed by atoms with van der Waals surface area (Å²) >= 11 is 0. The van der Waals surface area contributed by atoms with Crippen molar-refractivity contribution in [2.24, 2.45) is 5.92 Å². The molecule has 3 aromatic carbocycles. The molecule has 1 unspecified atom stereocenters. The summed E-state index contributed by atoms with van der Waals surface area (Å²) in [5, 5.41) is 5.68. The Kier molecular flexibility index (Phi) is 21.9. The van der Waals surface area contributed by atoms with Gasteiger partial charge in [0.2, 0.25) is 0 Å². The van der Waals surface area contributed by atoms with Crippen LogP contribution < -0.4 is 10.6 Å². The average molecular weight is 722 g/mol. The number of carbonyl (C=O) groups excluding carboxylic acids is 2. The molecule has 2 aliphatic carbocycles. The molecule has 3 fully saturated rings. The van der Waals surface area contributed by atoms with Gasteiger partial charge >= 0.3 is 12.2 Å². The van der Waals surface area contributed by atoms with Crippen LogP contribution in [0.4, 0.5) is 29.3 Å². The largest absolute Gasteiger partial charge is 0.416 e. The first-order chi connectivity index (χ1) is 25.1. The first-order valence-corrected chi connectivity index (χ1v) is 19.1. The van der Waals surface area contributed by atoms with Gasteiger partial charge in [0.05, 0.1) is 5.56 Å². The van der Waals surface area contributed by atoms with E-state index in [4.69, 9.17) is 0 Å². The molecule has 8 heteroatoms. The number of alkyl halides is 3. The number of hydrogen-bond donors (Lipinski definition) is 2. The van der Waals surface area contributed by atoms with Gasteiger partial charge in [-0.2, -0.15) is 13.2 Å². The molecule has 0 bridgehead atoms. The first kappa shape index (κ1) is 45.8. The van der Waals surface area contributed by atoms with Crippen molar-refractivity contribution in [3.63, 3.8) is 0 Å². The number of hydrogen-bond acceptors (Lipinski definition) is 3. The molecule has 1 heterocycles. The highest BCUT2D eigenvalue weighted by Gasteiger charge is 2.35.